The number of hydrogen-bond acceptors (Lipinski definition) is 1. The van der Waals surface area contributed by atoms with E-state index in [2.05, 4.69) is 35.7 Å². The maximum Gasteiger partial charge on any atom is 0.385 e. The third-order valence-corrected chi connectivity index (χ3v) is 3.79. The van der Waals surface area contributed by atoms with Crippen molar-refractivity contribution in [3.8, 4) is 0 Å². The van der Waals surface area contributed by atoms with Crippen molar-refractivity contribution in [3.05, 3.63) is 47.4 Å². The number of thiophene rings is 1. The van der Waals surface area contributed by atoms with Gasteiger partial charge in [0.05, 0.1) is 0 Å². The molecule has 22 heavy (non-hydrogen) atoms. The number of fused-ring (bicyclic) bond motifs is 1. The summed E-state index contributed by atoms with van der Waals surface area (Å²) in [6.07, 6.45) is 0. The molecule has 0 aliphatic heterocycles. The zero-order chi connectivity index (χ0) is 16.8. The van der Waals surface area contributed by atoms with E-state index < -0.39 is 29.4 Å². The Hall–Kier alpha value is -1.64. The maximum atomic E-state index is 12.0. The SMILES string of the molecule is FC1=C(F)C(F)(F)C(F)(F)C1(F)F.c1ccc2sccc2c1. The van der Waals surface area contributed by atoms with Crippen molar-refractivity contribution < 1.29 is 35.1 Å². The zero-order valence-corrected chi connectivity index (χ0v) is 11.2. The molecule has 0 bridgehead atoms. The van der Waals surface area contributed by atoms with Crippen molar-refractivity contribution in [1.82, 2.24) is 0 Å². The summed E-state index contributed by atoms with van der Waals surface area (Å²) in [5, 5.41) is 3.47. The molecule has 1 heterocycles. The van der Waals surface area contributed by atoms with Gasteiger partial charge in [-0.2, -0.15) is 26.3 Å². The van der Waals surface area contributed by atoms with Gasteiger partial charge in [-0.15, -0.1) is 11.3 Å². The van der Waals surface area contributed by atoms with Crippen LogP contribution in [0.4, 0.5) is 35.1 Å². The molecule has 0 N–H and O–H groups in total. The van der Waals surface area contributed by atoms with Crippen molar-refractivity contribution >= 4 is 21.4 Å². The van der Waals surface area contributed by atoms with E-state index in [0.29, 0.717) is 0 Å². The van der Waals surface area contributed by atoms with Crippen LogP contribution in [0.1, 0.15) is 0 Å². The fraction of sp³-hybridized carbons (Fsp3) is 0.231. The number of allylic oxidation sites excluding steroid dienone is 2. The van der Waals surface area contributed by atoms with Crippen LogP contribution in [0.2, 0.25) is 0 Å². The minimum absolute atomic E-state index is 1.35. The molecule has 1 aromatic carbocycles. The third kappa shape index (κ3) is 2.27. The van der Waals surface area contributed by atoms with Gasteiger partial charge in [0.1, 0.15) is 0 Å². The monoisotopic (exact) mass is 346 g/mol. The van der Waals surface area contributed by atoms with Gasteiger partial charge in [-0.1, -0.05) is 18.2 Å². The lowest BCUT2D eigenvalue weighted by atomic mass is 10.2. The van der Waals surface area contributed by atoms with E-state index in [1.54, 1.807) is 11.3 Å². The Morgan fingerprint density at radius 1 is 0.727 bits per heavy atom. The molecule has 0 saturated heterocycles. The Labute approximate surface area is 122 Å². The molecule has 0 unspecified atom stereocenters. The molecule has 1 aliphatic carbocycles. The highest BCUT2D eigenvalue weighted by Gasteiger charge is 2.82. The number of benzene rings is 1. The average molecular weight is 346 g/mol. The highest BCUT2D eigenvalue weighted by Crippen LogP contribution is 2.59. The predicted octanol–water partition coefficient (Wildman–Crippen LogP) is 5.96. The topological polar surface area (TPSA) is 0 Å². The summed E-state index contributed by atoms with van der Waals surface area (Å²) >= 11 is 1.79. The van der Waals surface area contributed by atoms with Crippen LogP contribution >= 0.6 is 11.3 Å². The lowest BCUT2D eigenvalue weighted by Gasteiger charge is -2.22. The van der Waals surface area contributed by atoms with Gasteiger partial charge in [0.25, 0.3) is 0 Å². The van der Waals surface area contributed by atoms with E-state index in [9.17, 15) is 35.1 Å². The van der Waals surface area contributed by atoms with E-state index >= 15 is 0 Å². The van der Waals surface area contributed by atoms with Crippen LogP contribution in [-0.4, -0.2) is 17.8 Å². The van der Waals surface area contributed by atoms with Crippen molar-refractivity contribution in [2.24, 2.45) is 0 Å². The molecule has 2 aromatic rings. The van der Waals surface area contributed by atoms with Gasteiger partial charge in [0.2, 0.25) is 11.7 Å². The molecule has 0 saturated carbocycles. The average Bonchev–Trinajstić information content (AvgIpc) is 2.96. The minimum atomic E-state index is -6.06. The first-order chi connectivity index (χ1) is 10.0. The molecule has 0 amide bonds. The van der Waals surface area contributed by atoms with Crippen LogP contribution in [0, 0.1) is 0 Å². The van der Waals surface area contributed by atoms with Crippen molar-refractivity contribution in [3.63, 3.8) is 0 Å². The van der Waals surface area contributed by atoms with Crippen LogP contribution in [0.3, 0.4) is 0 Å². The van der Waals surface area contributed by atoms with Crippen molar-refractivity contribution in [1.29, 1.82) is 0 Å². The zero-order valence-electron chi connectivity index (χ0n) is 10.4. The molecule has 120 valence electrons. The maximum absolute atomic E-state index is 12.0. The van der Waals surface area contributed by atoms with Crippen molar-refractivity contribution in [2.45, 2.75) is 17.8 Å². The standard InChI is InChI=1S/C8H6S.C5F8/c1-2-4-8-7(3-1)5-6-9-8;6-1-2(7)4(10,11)5(12,13)3(1,8)9/h1-6H;. The van der Waals surface area contributed by atoms with Crippen LogP contribution in [0.5, 0.6) is 0 Å². The first-order valence-electron chi connectivity index (χ1n) is 5.65. The van der Waals surface area contributed by atoms with Crippen LogP contribution < -0.4 is 0 Å². The van der Waals surface area contributed by atoms with Gasteiger partial charge in [0, 0.05) is 4.70 Å². The minimum Gasteiger partial charge on any atom is -0.202 e. The van der Waals surface area contributed by atoms with Crippen LogP contribution in [0.15, 0.2) is 47.4 Å². The van der Waals surface area contributed by atoms with Gasteiger partial charge in [-0.3, -0.25) is 0 Å². The summed E-state index contributed by atoms with van der Waals surface area (Å²) in [5.41, 5.74) is 0. The fourth-order valence-corrected chi connectivity index (χ4v) is 2.45. The number of halogens is 8. The summed E-state index contributed by atoms with van der Waals surface area (Å²) in [6.45, 7) is 0. The number of hydrogen-bond donors (Lipinski definition) is 0. The molecule has 0 nitrogen and oxygen atoms in total. The highest BCUT2D eigenvalue weighted by molar-refractivity contribution is 7.17. The quantitative estimate of drug-likeness (QED) is 0.517. The summed E-state index contributed by atoms with van der Waals surface area (Å²) in [4.78, 5) is 0. The van der Waals surface area contributed by atoms with E-state index in [0.717, 1.165) is 0 Å². The molecular formula is C13H6F8S. The summed E-state index contributed by atoms with van der Waals surface area (Å²) in [6, 6.07) is 10.5. The number of alkyl halides is 6. The smallest absolute Gasteiger partial charge is 0.202 e. The van der Waals surface area contributed by atoms with E-state index in [1.165, 1.54) is 10.1 Å². The second-order valence-electron chi connectivity index (χ2n) is 4.31. The van der Waals surface area contributed by atoms with E-state index in [-0.39, 0.29) is 0 Å². The van der Waals surface area contributed by atoms with E-state index in [4.69, 9.17) is 0 Å². The summed E-state index contributed by atoms with van der Waals surface area (Å²) < 4.78 is 96.9. The second kappa shape index (κ2) is 5.22. The van der Waals surface area contributed by atoms with E-state index in [1.807, 2.05) is 0 Å². The van der Waals surface area contributed by atoms with Gasteiger partial charge in [-0.25, -0.2) is 8.78 Å². The molecule has 0 fully saturated rings. The highest BCUT2D eigenvalue weighted by atomic mass is 32.1. The van der Waals surface area contributed by atoms with Gasteiger partial charge < -0.3 is 0 Å². The predicted molar refractivity (Wildman–Crippen MR) is 65.9 cm³/mol. The largest absolute Gasteiger partial charge is 0.385 e. The van der Waals surface area contributed by atoms with Crippen LogP contribution in [-0.2, 0) is 0 Å². The molecule has 1 aromatic heterocycles. The first-order valence-corrected chi connectivity index (χ1v) is 6.53. The lowest BCUT2D eigenvalue weighted by Crippen LogP contribution is -2.48. The van der Waals surface area contributed by atoms with Gasteiger partial charge in [-0.05, 0) is 22.9 Å². The molecule has 9 heteroatoms. The van der Waals surface area contributed by atoms with Crippen LogP contribution in [0.25, 0.3) is 10.1 Å². The first kappa shape index (κ1) is 16.7. The Morgan fingerprint density at radius 3 is 1.64 bits per heavy atom. The molecular weight excluding hydrogens is 340 g/mol. The Bertz CT molecular complexity index is 659. The Morgan fingerprint density at radius 2 is 1.23 bits per heavy atom. The van der Waals surface area contributed by atoms with Gasteiger partial charge in [0.15, 0.2) is 0 Å². The normalized spacial score (nSPS) is 21.6. The summed E-state index contributed by atoms with van der Waals surface area (Å²) in [7, 11) is 0. The van der Waals surface area contributed by atoms with Gasteiger partial charge >= 0.3 is 17.8 Å². The summed E-state index contributed by atoms with van der Waals surface area (Å²) in [5.74, 6) is -24.5. The molecule has 1 aliphatic rings. The molecule has 0 spiro atoms. The fourth-order valence-electron chi connectivity index (χ4n) is 1.65. The molecule has 3 rings (SSSR count). The Kier molecular flexibility index (Phi) is 3.97. The molecule has 0 radical (unpaired) electrons. The lowest BCUT2D eigenvalue weighted by molar-refractivity contribution is -0.271. The second-order valence-corrected chi connectivity index (χ2v) is 5.26. The Balaban J connectivity index is 0.000000170. The van der Waals surface area contributed by atoms with Crippen molar-refractivity contribution in [2.75, 3.05) is 0 Å². The number of rotatable bonds is 0. The molecule has 0 atom stereocenters. The third-order valence-electron chi connectivity index (χ3n) is 2.89.